The molecular weight excluding hydrogens is 550 g/mol. The molecule has 3 fully saturated rings. The highest BCUT2D eigenvalue weighted by Gasteiger charge is 2.47. The zero-order chi connectivity index (χ0) is 30.3. The Hall–Kier alpha value is -4.37. The third kappa shape index (κ3) is 4.36. The second-order valence-electron chi connectivity index (χ2n) is 13.1. The van der Waals surface area contributed by atoms with Crippen molar-refractivity contribution in [2.24, 2.45) is 24.6 Å². The predicted octanol–water partition coefficient (Wildman–Crippen LogP) is 5.93. The monoisotopic (exact) mass is 589 g/mol. The summed E-state index contributed by atoms with van der Waals surface area (Å²) in [6.07, 6.45) is 6.49. The second kappa shape index (κ2) is 10.1. The number of carbonyl (C=O) groups excluding carboxylic acids is 1. The predicted molar refractivity (Wildman–Crippen MR) is 173 cm³/mol. The molecule has 5 aromatic rings. The molecule has 2 aromatic carbocycles. The highest BCUT2D eigenvalue weighted by atomic mass is 16.5. The number of benzene rings is 2. The number of hydrogen-bond donors (Lipinski definition) is 2. The number of piperidine rings is 1. The van der Waals surface area contributed by atoms with Crippen molar-refractivity contribution in [3.8, 4) is 17.3 Å². The molecule has 3 aliphatic rings. The third-order valence-corrected chi connectivity index (χ3v) is 10.1. The number of aromatic nitrogens is 4. The van der Waals surface area contributed by atoms with Crippen LogP contribution in [-0.4, -0.2) is 55.6 Å². The van der Waals surface area contributed by atoms with Gasteiger partial charge >= 0.3 is 0 Å². The van der Waals surface area contributed by atoms with E-state index in [0.717, 1.165) is 71.1 Å². The largest absolute Gasteiger partial charge is 0.494 e. The zero-order valence-corrected chi connectivity index (χ0v) is 25.8. The van der Waals surface area contributed by atoms with Gasteiger partial charge in [-0.25, -0.2) is 4.98 Å². The number of nitrogens with two attached hydrogens (primary N) is 1. The molecule has 1 aliphatic heterocycles. The Bertz CT molecular complexity index is 1950. The first-order valence-corrected chi connectivity index (χ1v) is 15.7. The Morgan fingerprint density at radius 3 is 2.66 bits per heavy atom. The molecule has 226 valence electrons. The number of carbonyl (C=O) groups is 1. The van der Waals surface area contributed by atoms with Gasteiger partial charge in [0.25, 0.3) is 5.91 Å². The van der Waals surface area contributed by atoms with Crippen LogP contribution in [0.25, 0.3) is 33.5 Å². The Labute approximate surface area is 257 Å². The molecule has 9 heteroatoms. The van der Waals surface area contributed by atoms with Gasteiger partial charge in [-0.05, 0) is 93.3 Å². The van der Waals surface area contributed by atoms with Crippen molar-refractivity contribution in [1.82, 2.24) is 24.0 Å². The third-order valence-electron chi connectivity index (χ3n) is 10.1. The first-order chi connectivity index (χ1) is 21.3. The number of hydrogen-bond acceptors (Lipinski definition) is 6. The van der Waals surface area contributed by atoms with Gasteiger partial charge in [-0.3, -0.25) is 9.78 Å². The van der Waals surface area contributed by atoms with Gasteiger partial charge in [0.05, 0.1) is 23.8 Å². The average molecular weight is 590 g/mol. The summed E-state index contributed by atoms with van der Waals surface area (Å²) in [5.74, 6) is 2.60. The minimum absolute atomic E-state index is 0.0163. The summed E-state index contributed by atoms with van der Waals surface area (Å²) in [7, 11) is 3.70. The van der Waals surface area contributed by atoms with Gasteiger partial charge in [0.1, 0.15) is 11.3 Å². The van der Waals surface area contributed by atoms with Crippen molar-refractivity contribution in [2.75, 3.05) is 19.0 Å². The average Bonchev–Trinajstić information content (AvgIpc) is 3.43. The number of methoxy groups -OCH3 is 1. The van der Waals surface area contributed by atoms with Crippen LogP contribution in [0.3, 0.4) is 0 Å². The molecule has 3 N–H and O–H groups in total. The van der Waals surface area contributed by atoms with E-state index in [1.54, 1.807) is 7.11 Å². The molecule has 1 amide bonds. The molecule has 1 saturated heterocycles. The van der Waals surface area contributed by atoms with E-state index in [9.17, 15) is 4.79 Å². The summed E-state index contributed by atoms with van der Waals surface area (Å²) in [6, 6.07) is 14.9. The van der Waals surface area contributed by atoms with Gasteiger partial charge in [0.15, 0.2) is 5.82 Å². The van der Waals surface area contributed by atoms with E-state index in [4.69, 9.17) is 15.5 Å². The van der Waals surface area contributed by atoms with Crippen LogP contribution in [-0.2, 0) is 13.6 Å². The quantitative estimate of drug-likeness (QED) is 0.244. The van der Waals surface area contributed by atoms with Crippen LogP contribution < -0.4 is 15.8 Å². The number of aryl methyl sites for hydroxylation is 3. The van der Waals surface area contributed by atoms with E-state index in [2.05, 4.69) is 56.7 Å². The molecule has 2 unspecified atom stereocenters. The minimum Gasteiger partial charge on any atom is -0.494 e. The number of nitrogens with one attached hydrogen (secondary N) is 1. The van der Waals surface area contributed by atoms with Crippen LogP contribution >= 0.6 is 0 Å². The first-order valence-electron chi connectivity index (χ1n) is 15.7. The Balaban J connectivity index is 1.21. The lowest BCUT2D eigenvalue weighted by Crippen LogP contribution is -2.41. The molecule has 8 rings (SSSR count). The molecule has 0 spiro atoms. The molecule has 2 bridgehead atoms. The van der Waals surface area contributed by atoms with Crippen LogP contribution in [0.5, 0.6) is 5.75 Å². The highest BCUT2D eigenvalue weighted by Crippen LogP contribution is 2.40. The standard InChI is InChI=1S/C35H39N7O2/c1-19-16-37-20(2)11-26(19)38-25-9-7-22-13-30(41(29(22)15-25)17-21-5-6-21)34-39-27-12-24(14-31(44-4)33(27)40(34)3)35(43)42-18-23-8-10-28(42)32(23)36/h7,9,11-16,21,23,28,32H,5-6,8,10,17-18,36H2,1-4H3,(H,37,38)/t23?,28?,32-/m1/s1. The fourth-order valence-electron chi connectivity index (χ4n) is 7.46. The normalized spacial score (nSPS) is 21.1. The van der Waals surface area contributed by atoms with Crippen molar-refractivity contribution < 1.29 is 9.53 Å². The van der Waals surface area contributed by atoms with Crippen molar-refractivity contribution in [2.45, 2.75) is 58.2 Å². The van der Waals surface area contributed by atoms with Crippen LogP contribution in [0.15, 0.2) is 48.7 Å². The molecule has 3 atom stereocenters. The maximum absolute atomic E-state index is 13.7. The number of fused-ring (bicyclic) bond motifs is 4. The van der Waals surface area contributed by atoms with Crippen LogP contribution in [0.2, 0.25) is 0 Å². The van der Waals surface area contributed by atoms with Crippen molar-refractivity contribution in [3.05, 3.63) is 65.5 Å². The van der Waals surface area contributed by atoms with Gasteiger partial charge in [-0.2, -0.15) is 0 Å². The molecule has 2 saturated carbocycles. The van der Waals surface area contributed by atoms with E-state index in [-0.39, 0.29) is 18.0 Å². The van der Waals surface area contributed by atoms with E-state index in [1.165, 1.54) is 23.7 Å². The van der Waals surface area contributed by atoms with E-state index < -0.39 is 0 Å². The van der Waals surface area contributed by atoms with Crippen LogP contribution in [0.4, 0.5) is 11.4 Å². The maximum atomic E-state index is 13.7. The van der Waals surface area contributed by atoms with Gasteiger partial charge in [0.2, 0.25) is 0 Å². The molecule has 2 aliphatic carbocycles. The first kappa shape index (κ1) is 27.2. The summed E-state index contributed by atoms with van der Waals surface area (Å²) in [4.78, 5) is 25.3. The zero-order valence-electron chi connectivity index (χ0n) is 25.8. The highest BCUT2D eigenvalue weighted by molar-refractivity contribution is 6.00. The van der Waals surface area contributed by atoms with Gasteiger partial charge < -0.3 is 29.8 Å². The second-order valence-corrected chi connectivity index (χ2v) is 13.1. The van der Waals surface area contributed by atoms with Crippen LogP contribution in [0.1, 0.15) is 47.3 Å². The Morgan fingerprint density at radius 2 is 1.93 bits per heavy atom. The number of anilines is 2. The molecule has 9 nitrogen and oxygen atoms in total. The van der Waals surface area contributed by atoms with Gasteiger partial charge in [-0.1, -0.05) is 6.07 Å². The number of amides is 1. The lowest BCUT2D eigenvalue weighted by Gasteiger charge is -2.27. The SMILES string of the molecule is COc1cc(C(=O)N2CC3CCC2[C@@H]3N)cc2nc(-c3cc4ccc(Nc5cc(C)ncc5C)cc4n3CC3CC3)n(C)c12. The molecule has 4 heterocycles. The molecule has 44 heavy (non-hydrogen) atoms. The number of rotatable bonds is 7. The fraction of sp³-hybridized carbons (Fsp3) is 0.400. The number of nitrogens with zero attached hydrogens (tertiary/aromatic N) is 5. The van der Waals surface area contributed by atoms with Crippen molar-refractivity contribution in [3.63, 3.8) is 0 Å². The summed E-state index contributed by atoms with van der Waals surface area (Å²) in [6.45, 7) is 5.76. The number of likely N-dealkylation sites (tertiary alicyclic amines) is 1. The molecule has 0 radical (unpaired) electrons. The minimum atomic E-state index is 0.0163. The summed E-state index contributed by atoms with van der Waals surface area (Å²) >= 11 is 0. The number of ether oxygens (including phenoxy) is 1. The van der Waals surface area contributed by atoms with Crippen molar-refractivity contribution in [1.29, 1.82) is 0 Å². The Morgan fingerprint density at radius 1 is 1.09 bits per heavy atom. The van der Waals surface area contributed by atoms with Gasteiger partial charge in [-0.15, -0.1) is 0 Å². The lowest BCUT2D eigenvalue weighted by atomic mass is 10.1. The molecular formula is C35H39N7O2. The summed E-state index contributed by atoms with van der Waals surface area (Å²) in [5.41, 5.74) is 15.1. The van der Waals surface area contributed by atoms with E-state index >= 15 is 0 Å². The lowest BCUT2D eigenvalue weighted by molar-refractivity contribution is 0.0700. The van der Waals surface area contributed by atoms with E-state index in [1.807, 2.05) is 37.2 Å². The summed E-state index contributed by atoms with van der Waals surface area (Å²) < 4.78 is 10.4. The number of imidazole rings is 1. The number of pyridine rings is 1. The fourth-order valence-corrected chi connectivity index (χ4v) is 7.46. The maximum Gasteiger partial charge on any atom is 0.254 e. The van der Waals surface area contributed by atoms with E-state index in [0.29, 0.717) is 23.1 Å². The molecule has 3 aromatic heterocycles. The topological polar surface area (TPSA) is 103 Å². The Kier molecular flexibility index (Phi) is 6.24. The summed E-state index contributed by atoms with van der Waals surface area (Å²) in [5, 5.41) is 4.79. The smallest absolute Gasteiger partial charge is 0.254 e. The van der Waals surface area contributed by atoms with Crippen LogP contribution in [0, 0.1) is 25.7 Å². The van der Waals surface area contributed by atoms with Crippen molar-refractivity contribution >= 4 is 39.2 Å². The van der Waals surface area contributed by atoms with Gasteiger partial charge in [0, 0.05) is 66.4 Å².